The fourth-order valence-corrected chi connectivity index (χ4v) is 7.05. The molecule has 17 heteroatoms. The second-order valence-corrected chi connectivity index (χ2v) is 12.7. The Morgan fingerprint density at radius 2 is 1.75 bits per heavy atom. The third kappa shape index (κ3) is 5.90. The highest BCUT2D eigenvalue weighted by Crippen LogP contribution is 2.66. The maximum Gasteiger partial charge on any atom is 0.488 e. The minimum absolute atomic E-state index is 0.0318. The minimum atomic E-state index is -5.35. The summed E-state index contributed by atoms with van der Waals surface area (Å²) in [6.07, 6.45) is 0.573. The van der Waals surface area contributed by atoms with Crippen LogP contribution in [-0.4, -0.2) is 53.6 Å². The molecule has 6 atom stereocenters. The van der Waals surface area contributed by atoms with Gasteiger partial charge in [-0.15, -0.1) is 0 Å². The van der Waals surface area contributed by atoms with Crippen molar-refractivity contribution in [1.82, 2.24) is 19.5 Å². The molecular formula is C15H25N4O10P3. The first-order valence-corrected chi connectivity index (χ1v) is 14.5. The van der Waals surface area contributed by atoms with E-state index in [1.165, 1.54) is 0 Å². The lowest BCUT2D eigenvalue weighted by atomic mass is 9.93. The summed E-state index contributed by atoms with van der Waals surface area (Å²) in [6, 6.07) is 0. The van der Waals surface area contributed by atoms with E-state index >= 15 is 0 Å². The summed E-state index contributed by atoms with van der Waals surface area (Å²) in [5, 5.41) is 0. The summed E-state index contributed by atoms with van der Waals surface area (Å²) in [7, 11) is -14.9. The highest BCUT2D eigenvalue weighted by Gasteiger charge is 2.43. The summed E-state index contributed by atoms with van der Waals surface area (Å²) >= 11 is 0. The van der Waals surface area contributed by atoms with Crippen LogP contribution in [0.1, 0.15) is 31.6 Å². The Hall–Kier alpha value is -1.04. The van der Waals surface area contributed by atoms with Crippen molar-refractivity contribution < 1.29 is 46.3 Å². The van der Waals surface area contributed by atoms with Crippen LogP contribution in [0.25, 0.3) is 11.2 Å². The first-order valence-electron chi connectivity index (χ1n) is 9.45. The monoisotopic (exact) mass is 514 g/mol. The van der Waals surface area contributed by atoms with Gasteiger partial charge in [-0.1, -0.05) is 13.8 Å². The quantitative estimate of drug-likeness (QED) is 0.436. The zero-order chi connectivity index (χ0) is 24.1. The zero-order valence-electron chi connectivity index (χ0n) is 17.9. The van der Waals surface area contributed by atoms with Crippen LogP contribution in [0.4, 0.5) is 0 Å². The first kappa shape index (κ1) is 25.6. The Bertz CT molecular complexity index is 1150. The van der Waals surface area contributed by atoms with E-state index in [4.69, 9.17) is 19.0 Å². The van der Waals surface area contributed by atoms with Gasteiger partial charge in [0.15, 0.2) is 5.65 Å². The number of ether oxygens (including phenoxy) is 1. The van der Waals surface area contributed by atoms with Crippen molar-refractivity contribution >= 4 is 34.4 Å². The number of nitrogens with zero attached hydrogens (tertiary/aromatic N) is 4. The van der Waals surface area contributed by atoms with Gasteiger partial charge < -0.3 is 23.9 Å². The third-order valence-electron chi connectivity index (χ3n) is 5.10. The fourth-order valence-electron chi connectivity index (χ4n) is 3.49. The largest absolute Gasteiger partial charge is 0.488 e. The van der Waals surface area contributed by atoms with Crippen molar-refractivity contribution in [1.29, 1.82) is 0 Å². The summed E-state index contributed by atoms with van der Waals surface area (Å²) < 4.78 is 55.9. The van der Waals surface area contributed by atoms with Gasteiger partial charge in [0.25, 0.3) is 0 Å². The third-order valence-corrected chi connectivity index (χ3v) is 9.40. The van der Waals surface area contributed by atoms with Crippen molar-refractivity contribution in [2.45, 2.75) is 40.0 Å². The lowest BCUT2D eigenvalue weighted by molar-refractivity contribution is -0.0303. The molecule has 0 radical (unpaired) electrons. The van der Waals surface area contributed by atoms with Crippen LogP contribution >= 0.6 is 23.2 Å². The average Bonchev–Trinajstić information content (AvgIpc) is 3.12. The molecule has 0 saturated carbocycles. The molecule has 0 spiro atoms. The van der Waals surface area contributed by atoms with Gasteiger partial charge in [-0.3, -0.25) is 9.13 Å². The molecule has 3 N–H and O–H groups in total. The molecule has 1 aliphatic heterocycles. The molecule has 0 aromatic carbocycles. The molecule has 1 saturated heterocycles. The zero-order valence-corrected chi connectivity index (χ0v) is 20.6. The molecule has 1 aliphatic rings. The Kier molecular flexibility index (Phi) is 7.16. The molecule has 2 aromatic rings. The van der Waals surface area contributed by atoms with E-state index in [1.807, 2.05) is 20.8 Å². The Morgan fingerprint density at radius 3 is 2.38 bits per heavy atom. The van der Waals surface area contributed by atoms with E-state index < -0.39 is 35.6 Å². The molecule has 180 valence electrons. The Morgan fingerprint density at radius 1 is 1.09 bits per heavy atom. The molecule has 0 aliphatic carbocycles. The normalized spacial score (nSPS) is 28.0. The van der Waals surface area contributed by atoms with Crippen LogP contribution in [0, 0.1) is 25.7 Å². The fraction of sp³-hybridized carbons (Fsp3) is 0.667. The first-order chi connectivity index (χ1) is 14.6. The number of imidazole rings is 1. The molecule has 3 heterocycles. The predicted molar refractivity (Wildman–Crippen MR) is 111 cm³/mol. The number of aromatic nitrogens is 4. The van der Waals surface area contributed by atoms with Gasteiger partial charge in [-0.05, 0) is 19.8 Å². The molecule has 6 unspecified atom stereocenters. The van der Waals surface area contributed by atoms with Crippen LogP contribution < -0.4 is 0 Å². The van der Waals surface area contributed by atoms with Crippen LogP contribution in [-0.2, 0) is 31.6 Å². The smallest absolute Gasteiger partial charge is 0.352 e. The van der Waals surface area contributed by atoms with Gasteiger partial charge in [0, 0.05) is 12.6 Å². The van der Waals surface area contributed by atoms with Gasteiger partial charge in [-0.25, -0.2) is 28.4 Å². The van der Waals surface area contributed by atoms with E-state index in [-0.39, 0.29) is 18.4 Å². The lowest BCUT2D eigenvalue weighted by Crippen LogP contribution is -2.21. The number of aryl methyl sites for hydroxylation is 2. The summed E-state index contributed by atoms with van der Waals surface area (Å²) in [5.41, 5.74) is 2.00. The van der Waals surface area contributed by atoms with Crippen LogP contribution in [0.3, 0.4) is 0 Å². The molecule has 0 amide bonds. The van der Waals surface area contributed by atoms with E-state index in [0.717, 1.165) is 12.4 Å². The summed E-state index contributed by atoms with van der Waals surface area (Å²) in [6.45, 7) is 8.08. The molecule has 32 heavy (non-hydrogen) atoms. The molecule has 2 aromatic heterocycles. The van der Waals surface area contributed by atoms with E-state index in [9.17, 15) is 18.6 Å². The second kappa shape index (κ2) is 8.96. The van der Waals surface area contributed by atoms with Crippen LogP contribution in [0.2, 0.25) is 0 Å². The van der Waals surface area contributed by atoms with E-state index in [2.05, 4.69) is 23.6 Å². The SMILES string of the molecule is Cc1nc(C)c2ncn(C3OC(COP(C)(=O)OP(=O)(O)OP(=O)(O)O)C(C)C3C)c2n1. The van der Waals surface area contributed by atoms with Crippen molar-refractivity contribution in [3.63, 3.8) is 0 Å². The Labute approximate surface area is 183 Å². The lowest BCUT2D eigenvalue weighted by Gasteiger charge is -2.21. The van der Waals surface area contributed by atoms with Crippen molar-refractivity contribution in [2.75, 3.05) is 13.3 Å². The summed E-state index contributed by atoms with van der Waals surface area (Å²) in [5.74, 6) is 0.467. The molecule has 3 rings (SSSR count). The standard InChI is InChI=1S/C15H25N4O10P3/c1-8-9(2)15(19-7-16-13-10(3)17-11(4)18-14(13)19)27-12(8)6-26-30(5,20)28-32(24,25)29-31(21,22)23/h7-9,12,15H,6H2,1-5H3,(H,24,25)(H2,21,22,23). The van der Waals surface area contributed by atoms with Crippen molar-refractivity contribution in [2.24, 2.45) is 11.8 Å². The highest BCUT2D eigenvalue weighted by molar-refractivity contribution is 7.68. The van der Waals surface area contributed by atoms with E-state index in [1.54, 1.807) is 17.8 Å². The second-order valence-electron chi connectivity index (χ2n) is 7.65. The molecule has 1 fully saturated rings. The van der Waals surface area contributed by atoms with Gasteiger partial charge in [0.1, 0.15) is 17.6 Å². The number of rotatable bonds is 8. The topological polar surface area (TPSA) is 192 Å². The highest BCUT2D eigenvalue weighted by atomic mass is 31.3. The molecule has 14 nitrogen and oxygen atoms in total. The predicted octanol–water partition coefficient (Wildman–Crippen LogP) is 2.68. The van der Waals surface area contributed by atoms with Gasteiger partial charge in [-0.2, -0.15) is 4.31 Å². The summed E-state index contributed by atoms with van der Waals surface area (Å²) in [4.78, 5) is 39.8. The number of hydrogen-bond donors (Lipinski definition) is 3. The van der Waals surface area contributed by atoms with Gasteiger partial charge in [0.2, 0.25) is 0 Å². The molecule has 0 bridgehead atoms. The maximum atomic E-state index is 12.4. The maximum absolute atomic E-state index is 12.4. The number of fused-ring (bicyclic) bond motifs is 1. The van der Waals surface area contributed by atoms with Crippen molar-refractivity contribution in [3.05, 3.63) is 17.8 Å². The van der Waals surface area contributed by atoms with Gasteiger partial charge in [0.05, 0.1) is 24.7 Å². The van der Waals surface area contributed by atoms with Gasteiger partial charge >= 0.3 is 23.2 Å². The van der Waals surface area contributed by atoms with E-state index in [0.29, 0.717) is 17.0 Å². The Balaban J connectivity index is 1.72. The molecular weight excluding hydrogens is 489 g/mol. The van der Waals surface area contributed by atoms with Crippen LogP contribution in [0.15, 0.2) is 6.33 Å². The average molecular weight is 514 g/mol. The van der Waals surface area contributed by atoms with Crippen LogP contribution in [0.5, 0.6) is 0 Å². The van der Waals surface area contributed by atoms with Crippen molar-refractivity contribution in [3.8, 4) is 0 Å². The number of hydrogen-bond acceptors (Lipinski definition) is 10. The number of phosphoric acid groups is 2. The minimum Gasteiger partial charge on any atom is -0.352 e.